The molecule has 0 bridgehead atoms. The molecule has 0 aliphatic carbocycles. The van der Waals surface area contributed by atoms with Gasteiger partial charge in [0.2, 0.25) is 0 Å². The third kappa shape index (κ3) is 4.51. The monoisotopic (exact) mass is 352 g/mol. The van der Waals surface area contributed by atoms with Crippen LogP contribution in [0.1, 0.15) is 11.1 Å². The Balaban J connectivity index is 1.96. The van der Waals surface area contributed by atoms with E-state index in [2.05, 4.69) is 64.5 Å². The number of hydrogen-bond acceptors (Lipinski definition) is 2. The van der Waals surface area contributed by atoms with Crippen LogP contribution in [0, 0.1) is 0 Å². The fourth-order valence-electron chi connectivity index (χ4n) is 1.96. The third-order valence-corrected chi connectivity index (χ3v) is 3.92. The Morgan fingerprint density at radius 3 is 2.40 bits per heavy atom. The van der Waals surface area contributed by atoms with Crippen molar-refractivity contribution in [3.8, 4) is 0 Å². The second kappa shape index (κ2) is 7.11. The Bertz CT molecular complexity index is 567. The van der Waals surface area contributed by atoms with Gasteiger partial charge >= 0.3 is 0 Å². The Kier molecular flexibility index (Phi) is 5.46. The van der Waals surface area contributed by atoms with E-state index in [4.69, 9.17) is 11.6 Å². The molecule has 1 N–H and O–H groups in total. The van der Waals surface area contributed by atoms with Crippen molar-refractivity contribution in [1.29, 1.82) is 0 Å². The van der Waals surface area contributed by atoms with Crippen molar-refractivity contribution in [3.63, 3.8) is 0 Å². The van der Waals surface area contributed by atoms with Crippen LogP contribution in [0.2, 0.25) is 5.02 Å². The third-order valence-electron chi connectivity index (χ3n) is 2.95. The van der Waals surface area contributed by atoms with Gasteiger partial charge in [0.15, 0.2) is 0 Å². The summed E-state index contributed by atoms with van der Waals surface area (Å²) in [6, 6.07) is 14.4. The van der Waals surface area contributed by atoms with E-state index in [9.17, 15) is 0 Å². The van der Waals surface area contributed by atoms with Crippen LogP contribution in [0.25, 0.3) is 0 Å². The van der Waals surface area contributed by atoms with Gasteiger partial charge in [0.1, 0.15) is 0 Å². The number of rotatable bonds is 5. The van der Waals surface area contributed by atoms with Gasteiger partial charge in [-0.15, -0.1) is 0 Å². The van der Waals surface area contributed by atoms with E-state index in [0.717, 1.165) is 28.3 Å². The molecule has 2 aromatic rings. The highest BCUT2D eigenvalue weighted by Gasteiger charge is 2.01. The summed E-state index contributed by atoms with van der Waals surface area (Å²) in [5.41, 5.74) is 3.62. The molecule has 2 rings (SSSR count). The zero-order valence-corrected chi connectivity index (χ0v) is 14.0. The van der Waals surface area contributed by atoms with Gasteiger partial charge in [-0.1, -0.05) is 45.7 Å². The highest BCUT2D eigenvalue weighted by Crippen LogP contribution is 2.22. The molecular formula is C16H18BrClN2. The average Bonchev–Trinajstić information content (AvgIpc) is 2.39. The summed E-state index contributed by atoms with van der Waals surface area (Å²) in [5.74, 6) is 0. The Morgan fingerprint density at radius 1 is 1.10 bits per heavy atom. The molecule has 0 aliphatic rings. The number of nitrogens with zero attached hydrogens (tertiary/aromatic N) is 1. The van der Waals surface area contributed by atoms with Crippen LogP contribution in [0.15, 0.2) is 46.9 Å². The first-order valence-corrected chi connectivity index (χ1v) is 7.63. The first-order chi connectivity index (χ1) is 9.54. The van der Waals surface area contributed by atoms with Gasteiger partial charge in [0, 0.05) is 28.3 Å². The average molecular weight is 354 g/mol. The molecule has 2 nitrogen and oxygen atoms in total. The van der Waals surface area contributed by atoms with E-state index in [-0.39, 0.29) is 0 Å². The molecule has 0 aliphatic heterocycles. The maximum Gasteiger partial charge on any atom is 0.0417 e. The standard InChI is InChI=1S/C16H18BrClN2/c1-20(2)11-12-3-7-15(8-4-12)19-10-13-5-6-14(18)9-16(13)17/h3-9,19H,10-11H2,1-2H3. The van der Waals surface area contributed by atoms with Crippen LogP contribution in [0.3, 0.4) is 0 Å². The molecule has 0 atom stereocenters. The smallest absolute Gasteiger partial charge is 0.0417 e. The number of hydrogen-bond donors (Lipinski definition) is 1. The van der Waals surface area contributed by atoms with E-state index in [1.165, 1.54) is 11.1 Å². The molecule has 0 aromatic heterocycles. The molecule has 0 saturated carbocycles. The summed E-state index contributed by atoms with van der Waals surface area (Å²) < 4.78 is 1.03. The lowest BCUT2D eigenvalue weighted by molar-refractivity contribution is 0.402. The minimum atomic E-state index is 0.744. The maximum absolute atomic E-state index is 5.94. The number of nitrogens with one attached hydrogen (secondary N) is 1. The number of halogens is 2. The molecule has 106 valence electrons. The molecule has 0 saturated heterocycles. The molecule has 0 amide bonds. The van der Waals surface area contributed by atoms with Crippen molar-refractivity contribution in [2.24, 2.45) is 0 Å². The van der Waals surface area contributed by atoms with Gasteiger partial charge in [0.25, 0.3) is 0 Å². The molecule has 4 heteroatoms. The summed E-state index contributed by atoms with van der Waals surface area (Å²) in [6.07, 6.45) is 0. The molecule has 0 spiro atoms. The quantitative estimate of drug-likeness (QED) is 0.832. The molecule has 20 heavy (non-hydrogen) atoms. The minimum absolute atomic E-state index is 0.744. The second-order valence-electron chi connectivity index (χ2n) is 5.02. The van der Waals surface area contributed by atoms with Gasteiger partial charge in [-0.2, -0.15) is 0 Å². The van der Waals surface area contributed by atoms with Crippen LogP contribution in [-0.4, -0.2) is 19.0 Å². The second-order valence-corrected chi connectivity index (χ2v) is 6.31. The predicted octanol–water partition coefficient (Wildman–Crippen LogP) is 4.78. The first kappa shape index (κ1) is 15.4. The van der Waals surface area contributed by atoms with Crippen molar-refractivity contribution >= 4 is 33.2 Å². The van der Waals surface area contributed by atoms with Gasteiger partial charge < -0.3 is 10.2 Å². The summed E-state index contributed by atoms with van der Waals surface area (Å²) in [6.45, 7) is 1.73. The highest BCUT2D eigenvalue weighted by molar-refractivity contribution is 9.10. The summed E-state index contributed by atoms with van der Waals surface area (Å²) in [7, 11) is 4.15. The molecule has 0 fully saturated rings. The van der Waals surface area contributed by atoms with Crippen LogP contribution >= 0.6 is 27.5 Å². The SMILES string of the molecule is CN(C)Cc1ccc(NCc2ccc(Cl)cc2Br)cc1. The fourth-order valence-corrected chi connectivity index (χ4v) is 2.78. The molecule has 2 aromatic carbocycles. The predicted molar refractivity (Wildman–Crippen MR) is 90.3 cm³/mol. The van der Waals surface area contributed by atoms with Crippen LogP contribution in [0.4, 0.5) is 5.69 Å². The van der Waals surface area contributed by atoms with E-state index in [1.807, 2.05) is 18.2 Å². The molecule has 0 unspecified atom stereocenters. The van der Waals surface area contributed by atoms with E-state index in [0.29, 0.717) is 0 Å². The maximum atomic E-state index is 5.94. The number of benzene rings is 2. The van der Waals surface area contributed by atoms with E-state index in [1.54, 1.807) is 0 Å². The normalized spacial score (nSPS) is 10.8. The Labute approximate surface area is 133 Å². The fraction of sp³-hybridized carbons (Fsp3) is 0.250. The Morgan fingerprint density at radius 2 is 1.80 bits per heavy atom. The minimum Gasteiger partial charge on any atom is -0.381 e. The summed E-state index contributed by atoms with van der Waals surface area (Å²) >= 11 is 9.47. The van der Waals surface area contributed by atoms with E-state index >= 15 is 0 Å². The van der Waals surface area contributed by atoms with Crippen molar-refractivity contribution in [2.75, 3.05) is 19.4 Å². The van der Waals surface area contributed by atoms with Crippen molar-refractivity contribution < 1.29 is 0 Å². The highest BCUT2D eigenvalue weighted by atomic mass is 79.9. The van der Waals surface area contributed by atoms with Gasteiger partial charge in [-0.05, 0) is 49.5 Å². The van der Waals surface area contributed by atoms with Gasteiger partial charge in [0.05, 0.1) is 0 Å². The lowest BCUT2D eigenvalue weighted by Crippen LogP contribution is -2.10. The van der Waals surface area contributed by atoms with Crippen molar-refractivity contribution in [1.82, 2.24) is 4.90 Å². The van der Waals surface area contributed by atoms with Gasteiger partial charge in [-0.3, -0.25) is 0 Å². The van der Waals surface area contributed by atoms with Crippen molar-refractivity contribution in [2.45, 2.75) is 13.1 Å². The Hall–Kier alpha value is -1.03. The summed E-state index contributed by atoms with van der Waals surface area (Å²) in [5, 5.41) is 4.16. The molecular weight excluding hydrogens is 336 g/mol. The van der Waals surface area contributed by atoms with Crippen LogP contribution < -0.4 is 5.32 Å². The lowest BCUT2D eigenvalue weighted by atomic mass is 10.2. The topological polar surface area (TPSA) is 15.3 Å². The first-order valence-electron chi connectivity index (χ1n) is 6.46. The lowest BCUT2D eigenvalue weighted by Gasteiger charge is -2.12. The van der Waals surface area contributed by atoms with Crippen LogP contribution in [0.5, 0.6) is 0 Å². The zero-order valence-electron chi connectivity index (χ0n) is 11.7. The zero-order chi connectivity index (χ0) is 14.5. The van der Waals surface area contributed by atoms with Crippen molar-refractivity contribution in [3.05, 3.63) is 63.1 Å². The largest absolute Gasteiger partial charge is 0.381 e. The molecule has 0 radical (unpaired) electrons. The van der Waals surface area contributed by atoms with E-state index < -0.39 is 0 Å². The summed E-state index contributed by atoms with van der Waals surface area (Å²) in [4.78, 5) is 2.16. The number of anilines is 1. The van der Waals surface area contributed by atoms with Crippen LogP contribution in [-0.2, 0) is 13.1 Å². The van der Waals surface area contributed by atoms with Gasteiger partial charge in [-0.25, -0.2) is 0 Å². The molecule has 0 heterocycles.